The number of sulfonamides is 1. The molecular formula is C24H37F3N2O3S. The average molecular weight is 491 g/mol. The van der Waals surface area contributed by atoms with Crippen LogP contribution in [0.25, 0.3) is 0 Å². The summed E-state index contributed by atoms with van der Waals surface area (Å²) in [5, 5.41) is 0. The lowest BCUT2D eigenvalue weighted by atomic mass is 9.82. The van der Waals surface area contributed by atoms with Gasteiger partial charge >= 0.3 is 6.18 Å². The van der Waals surface area contributed by atoms with Gasteiger partial charge in [0, 0.05) is 33.4 Å². The van der Waals surface area contributed by atoms with Gasteiger partial charge in [-0.3, -0.25) is 0 Å². The Hall–Kier alpha value is -1.42. The van der Waals surface area contributed by atoms with Crippen LogP contribution in [0.15, 0.2) is 41.8 Å². The molecule has 0 atom stereocenters. The third-order valence-corrected chi connectivity index (χ3v) is 8.08. The molecule has 5 nitrogen and oxygen atoms in total. The van der Waals surface area contributed by atoms with Crippen molar-refractivity contribution < 1.29 is 26.3 Å². The average Bonchev–Trinajstić information content (AvgIpc) is 2.77. The van der Waals surface area contributed by atoms with Gasteiger partial charge in [0.15, 0.2) is 0 Å². The lowest BCUT2D eigenvalue weighted by Gasteiger charge is -2.31. The minimum absolute atomic E-state index is 0.115. The number of nitrogens with zero attached hydrogens (tertiary/aromatic N) is 2. The summed E-state index contributed by atoms with van der Waals surface area (Å²) < 4.78 is 70.8. The molecule has 2 rings (SSSR count). The van der Waals surface area contributed by atoms with E-state index in [9.17, 15) is 21.6 Å². The summed E-state index contributed by atoms with van der Waals surface area (Å²) in [5.41, 5.74) is -0.857. The van der Waals surface area contributed by atoms with E-state index in [0.29, 0.717) is 12.5 Å². The summed E-state index contributed by atoms with van der Waals surface area (Å²) >= 11 is 0. The van der Waals surface area contributed by atoms with E-state index in [2.05, 4.69) is 18.5 Å². The number of rotatable bonds is 13. The van der Waals surface area contributed by atoms with Crippen LogP contribution in [0.1, 0.15) is 44.1 Å². The molecule has 0 aliphatic heterocycles. The number of alkyl halides is 3. The van der Waals surface area contributed by atoms with E-state index in [1.165, 1.54) is 11.4 Å². The van der Waals surface area contributed by atoms with E-state index >= 15 is 0 Å². The van der Waals surface area contributed by atoms with E-state index in [1.54, 1.807) is 0 Å². The van der Waals surface area contributed by atoms with Crippen molar-refractivity contribution in [2.75, 3.05) is 46.9 Å². The van der Waals surface area contributed by atoms with E-state index in [1.807, 2.05) is 6.08 Å². The normalized spacial score (nSPS) is 19.8. The molecule has 0 bridgehead atoms. The molecule has 0 heterocycles. The van der Waals surface area contributed by atoms with Crippen LogP contribution < -0.4 is 0 Å². The van der Waals surface area contributed by atoms with Crippen molar-refractivity contribution in [3.63, 3.8) is 0 Å². The Morgan fingerprint density at radius 3 is 2.24 bits per heavy atom. The molecule has 1 aliphatic rings. The minimum atomic E-state index is -4.49. The summed E-state index contributed by atoms with van der Waals surface area (Å²) in [6, 6.07) is 3.68. The van der Waals surface area contributed by atoms with Crippen molar-refractivity contribution in [3.05, 3.63) is 42.5 Å². The van der Waals surface area contributed by atoms with Crippen LogP contribution in [0.5, 0.6) is 0 Å². The molecule has 1 aromatic rings. The van der Waals surface area contributed by atoms with Gasteiger partial charge in [0.2, 0.25) is 10.0 Å². The molecule has 33 heavy (non-hydrogen) atoms. The van der Waals surface area contributed by atoms with Gasteiger partial charge in [-0.1, -0.05) is 6.08 Å². The van der Waals surface area contributed by atoms with Crippen molar-refractivity contribution >= 4 is 10.0 Å². The third-order valence-electron chi connectivity index (χ3n) is 6.24. The Labute approximate surface area is 196 Å². The highest BCUT2D eigenvalue weighted by atomic mass is 32.2. The fraction of sp³-hybridized carbons (Fsp3) is 0.667. The summed E-state index contributed by atoms with van der Waals surface area (Å²) in [7, 11) is -0.243. The molecule has 1 fully saturated rings. The number of halogens is 3. The highest BCUT2D eigenvalue weighted by Gasteiger charge is 2.32. The van der Waals surface area contributed by atoms with Gasteiger partial charge < -0.3 is 9.64 Å². The van der Waals surface area contributed by atoms with E-state index in [0.717, 1.165) is 89.1 Å². The molecule has 1 aliphatic carbocycles. The molecule has 9 heteroatoms. The van der Waals surface area contributed by atoms with Crippen molar-refractivity contribution in [1.29, 1.82) is 0 Å². The fourth-order valence-corrected chi connectivity index (χ4v) is 5.43. The second-order valence-corrected chi connectivity index (χ2v) is 11.1. The summed E-state index contributed by atoms with van der Waals surface area (Å²) in [6.45, 7) is 7.53. The summed E-state index contributed by atoms with van der Waals surface area (Å²) in [4.78, 5) is 2.11. The Balaban J connectivity index is 1.70. The molecule has 1 saturated carbocycles. The number of ether oxygens (including phenoxy) is 1. The van der Waals surface area contributed by atoms with Gasteiger partial charge in [-0.2, -0.15) is 13.2 Å². The molecule has 0 aromatic heterocycles. The van der Waals surface area contributed by atoms with Crippen LogP contribution in [0, 0.1) is 11.8 Å². The van der Waals surface area contributed by atoms with Gasteiger partial charge in [-0.15, -0.1) is 6.58 Å². The Morgan fingerprint density at radius 1 is 1.06 bits per heavy atom. The Morgan fingerprint density at radius 2 is 1.67 bits per heavy atom. The quantitative estimate of drug-likeness (QED) is 0.287. The molecule has 0 radical (unpaired) electrons. The second kappa shape index (κ2) is 12.9. The number of hydrogen-bond donors (Lipinski definition) is 0. The lowest BCUT2D eigenvalue weighted by Crippen LogP contribution is -2.34. The lowest BCUT2D eigenvalue weighted by molar-refractivity contribution is -0.137. The highest BCUT2D eigenvalue weighted by Crippen LogP contribution is 2.32. The number of hydrogen-bond acceptors (Lipinski definition) is 4. The van der Waals surface area contributed by atoms with E-state index < -0.39 is 21.8 Å². The van der Waals surface area contributed by atoms with Gasteiger partial charge in [0.1, 0.15) is 0 Å². The summed E-state index contributed by atoms with van der Waals surface area (Å²) in [6.07, 6.45) is 3.38. The number of benzene rings is 1. The maximum absolute atomic E-state index is 12.8. The second-order valence-electron chi connectivity index (χ2n) is 9.03. The van der Waals surface area contributed by atoms with Crippen LogP contribution in [0.2, 0.25) is 0 Å². The molecule has 0 saturated heterocycles. The monoisotopic (exact) mass is 490 g/mol. The smallest absolute Gasteiger partial charge is 0.381 e. The maximum Gasteiger partial charge on any atom is 0.416 e. The first-order valence-corrected chi connectivity index (χ1v) is 13.0. The molecule has 188 valence electrons. The first-order chi connectivity index (χ1) is 15.5. The highest BCUT2D eigenvalue weighted by molar-refractivity contribution is 7.89. The first-order valence-electron chi connectivity index (χ1n) is 11.5. The topological polar surface area (TPSA) is 49.9 Å². The first kappa shape index (κ1) is 27.8. The van der Waals surface area contributed by atoms with Crippen LogP contribution in [0.3, 0.4) is 0 Å². The van der Waals surface area contributed by atoms with Gasteiger partial charge in [-0.25, -0.2) is 12.7 Å². The number of likely N-dealkylation sites (N-methyl/N-ethyl adjacent to an activating group) is 1. The molecular weight excluding hydrogens is 453 g/mol. The van der Waals surface area contributed by atoms with Crippen LogP contribution in [-0.4, -0.2) is 64.6 Å². The standard InChI is InChI=1S/C24H37F3N2O3S/c1-4-15-28(2)16-5-6-17-32-19-21-9-7-20(8-10-21)18-29(3)33(30,31)23-13-11-22(12-14-23)24(25,26)27/h4,11-14,20-21H,1,5-10,15-19H2,2-3H3. The van der Waals surface area contributed by atoms with Gasteiger partial charge in [0.25, 0.3) is 0 Å². The zero-order valence-corrected chi connectivity index (χ0v) is 20.5. The predicted molar refractivity (Wildman–Crippen MR) is 124 cm³/mol. The molecule has 1 aromatic carbocycles. The van der Waals surface area contributed by atoms with Gasteiger partial charge in [-0.05, 0) is 88.2 Å². The van der Waals surface area contributed by atoms with Crippen molar-refractivity contribution in [2.24, 2.45) is 11.8 Å². The summed E-state index contributed by atoms with van der Waals surface area (Å²) in [5.74, 6) is 0.748. The Bertz CT molecular complexity index is 820. The maximum atomic E-state index is 12.8. The van der Waals surface area contributed by atoms with Crippen molar-refractivity contribution in [3.8, 4) is 0 Å². The van der Waals surface area contributed by atoms with E-state index in [4.69, 9.17) is 4.74 Å². The minimum Gasteiger partial charge on any atom is -0.381 e. The fourth-order valence-electron chi connectivity index (χ4n) is 4.19. The molecule has 0 spiro atoms. The van der Waals surface area contributed by atoms with Crippen LogP contribution in [0.4, 0.5) is 13.2 Å². The van der Waals surface area contributed by atoms with Crippen LogP contribution >= 0.6 is 0 Å². The Kier molecular flexibility index (Phi) is 10.9. The molecule has 0 unspecified atom stereocenters. The van der Waals surface area contributed by atoms with Crippen molar-refractivity contribution in [1.82, 2.24) is 9.21 Å². The largest absolute Gasteiger partial charge is 0.416 e. The van der Waals surface area contributed by atoms with E-state index in [-0.39, 0.29) is 10.8 Å². The zero-order valence-electron chi connectivity index (χ0n) is 19.7. The number of unbranched alkanes of at least 4 members (excludes halogenated alkanes) is 1. The van der Waals surface area contributed by atoms with Crippen molar-refractivity contribution in [2.45, 2.75) is 49.6 Å². The predicted octanol–water partition coefficient (Wildman–Crippen LogP) is 5.05. The van der Waals surface area contributed by atoms with Gasteiger partial charge in [0.05, 0.1) is 10.5 Å². The molecule has 0 N–H and O–H groups in total. The third kappa shape index (κ3) is 9.03. The van der Waals surface area contributed by atoms with Crippen LogP contribution in [-0.2, 0) is 20.9 Å². The SMILES string of the molecule is C=CCN(C)CCCCOCC1CCC(CN(C)S(=O)(=O)c2ccc(C(F)(F)F)cc2)CC1. The zero-order chi connectivity index (χ0) is 24.5. The molecule has 0 amide bonds.